The molecule has 5 rings (SSSR count). The minimum atomic E-state index is -0.303. The van der Waals surface area contributed by atoms with Crippen molar-refractivity contribution in [2.45, 2.75) is 58.2 Å². The van der Waals surface area contributed by atoms with E-state index in [-0.39, 0.29) is 12.3 Å². The zero-order valence-electron chi connectivity index (χ0n) is 21.0. The van der Waals surface area contributed by atoms with Gasteiger partial charge in [-0.3, -0.25) is 0 Å². The van der Waals surface area contributed by atoms with Gasteiger partial charge in [0.15, 0.2) is 0 Å². The van der Waals surface area contributed by atoms with Crippen LogP contribution in [-0.2, 0) is 0 Å². The van der Waals surface area contributed by atoms with E-state index in [2.05, 4.69) is 58.2 Å². The van der Waals surface area contributed by atoms with Gasteiger partial charge < -0.3 is 14.2 Å². The molecule has 188 valence electrons. The molecule has 0 spiro atoms. The Balaban J connectivity index is 1.38. The minimum Gasteiger partial charge on any atom is -0.494 e. The lowest BCUT2D eigenvalue weighted by atomic mass is 9.96. The smallest absolute Gasteiger partial charge is 0.213 e. The van der Waals surface area contributed by atoms with Gasteiger partial charge in [0.1, 0.15) is 17.2 Å². The Labute approximate surface area is 222 Å². The lowest BCUT2D eigenvalue weighted by Gasteiger charge is -2.38. The molecule has 5 nitrogen and oxygen atoms in total. The summed E-state index contributed by atoms with van der Waals surface area (Å²) in [5.41, 5.74) is 4.37. The normalized spacial score (nSPS) is 18.2. The van der Waals surface area contributed by atoms with Crippen molar-refractivity contribution >= 4 is 21.6 Å². The molecule has 0 amide bonds. The fraction of sp³-hybridized carbons (Fsp3) is 0.367. The summed E-state index contributed by atoms with van der Waals surface area (Å²) in [6.45, 7) is 5.63. The van der Waals surface area contributed by atoms with E-state index < -0.39 is 0 Å². The molecule has 6 heteroatoms. The average Bonchev–Trinajstić information content (AvgIpc) is 3.35. The maximum Gasteiger partial charge on any atom is 0.213 e. The monoisotopic (exact) mass is 548 g/mol. The first-order valence-corrected chi connectivity index (χ1v) is 13.7. The average molecular weight is 550 g/mol. The Morgan fingerprint density at radius 3 is 2.42 bits per heavy atom. The summed E-state index contributed by atoms with van der Waals surface area (Å²) in [4.78, 5) is 0. The number of hydrogen-bond donors (Lipinski definition) is 0. The van der Waals surface area contributed by atoms with Crippen molar-refractivity contribution in [3.05, 3.63) is 87.9 Å². The maximum absolute atomic E-state index is 6.52. The van der Waals surface area contributed by atoms with E-state index in [9.17, 15) is 0 Å². The van der Waals surface area contributed by atoms with Crippen molar-refractivity contribution in [3.63, 3.8) is 0 Å². The van der Waals surface area contributed by atoms with Crippen LogP contribution in [0.2, 0.25) is 0 Å². The van der Waals surface area contributed by atoms with Gasteiger partial charge in [0.25, 0.3) is 0 Å². The zero-order chi connectivity index (χ0) is 24.9. The number of hydrazone groups is 1. The highest BCUT2D eigenvalue weighted by atomic mass is 79.9. The van der Waals surface area contributed by atoms with E-state index in [1.807, 2.05) is 43.3 Å². The summed E-state index contributed by atoms with van der Waals surface area (Å²) in [7, 11) is 0. The van der Waals surface area contributed by atoms with E-state index in [0.29, 0.717) is 6.61 Å². The molecule has 0 N–H and O–H groups in total. The predicted octanol–water partition coefficient (Wildman–Crippen LogP) is 8.05. The molecule has 0 aliphatic carbocycles. The third kappa shape index (κ3) is 5.39. The SMILES string of the molecule is CCCCCCOc1ccc(C2Oc3ccc(Br)cc3C3CC(c4ccc(OCC)cc4)=NN32)cc1. The largest absolute Gasteiger partial charge is 0.494 e. The van der Waals surface area contributed by atoms with Gasteiger partial charge in [0.05, 0.1) is 25.0 Å². The quantitative estimate of drug-likeness (QED) is 0.240. The molecule has 2 heterocycles. The van der Waals surface area contributed by atoms with E-state index in [1.54, 1.807) is 0 Å². The van der Waals surface area contributed by atoms with Crippen LogP contribution in [0.25, 0.3) is 0 Å². The molecule has 3 aromatic carbocycles. The van der Waals surface area contributed by atoms with Gasteiger partial charge in [-0.1, -0.05) is 42.1 Å². The molecule has 0 bridgehead atoms. The molecule has 0 saturated carbocycles. The summed E-state index contributed by atoms with van der Waals surface area (Å²) in [5, 5.41) is 7.19. The van der Waals surface area contributed by atoms with Crippen LogP contribution in [-0.4, -0.2) is 23.9 Å². The standard InChI is InChI=1S/C30H33BrN2O3/c1-3-5-6-7-18-35-25-15-10-22(11-16-25)30-33-28(26-19-23(31)12-17-29(26)36-30)20-27(32-33)21-8-13-24(14-9-21)34-4-2/h8-17,19,28,30H,3-7,18,20H2,1-2H3. The van der Waals surface area contributed by atoms with E-state index >= 15 is 0 Å². The Morgan fingerprint density at radius 1 is 0.917 bits per heavy atom. The number of benzene rings is 3. The molecule has 0 radical (unpaired) electrons. The third-order valence-corrected chi connectivity index (χ3v) is 7.18. The summed E-state index contributed by atoms with van der Waals surface area (Å²) >= 11 is 3.63. The minimum absolute atomic E-state index is 0.104. The van der Waals surface area contributed by atoms with Crippen LogP contribution in [0.4, 0.5) is 0 Å². The molecular formula is C30H33BrN2O3. The van der Waals surface area contributed by atoms with E-state index in [4.69, 9.17) is 19.3 Å². The van der Waals surface area contributed by atoms with Crippen molar-refractivity contribution in [2.24, 2.45) is 5.10 Å². The number of rotatable bonds is 10. The molecule has 36 heavy (non-hydrogen) atoms. The summed E-state index contributed by atoms with van der Waals surface area (Å²) < 4.78 is 19.1. The number of ether oxygens (including phenoxy) is 3. The van der Waals surface area contributed by atoms with Gasteiger partial charge in [-0.15, -0.1) is 0 Å². The number of fused-ring (bicyclic) bond motifs is 3. The van der Waals surface area contributed by atoms with Crippen LogP contribution in [0, 0.1) is 0 Å². The van der Waals surface area contributed by atoms with Gasteiger partial charge in [-0.05, 0) is 85.6 Å². The van der Waals surface area contributed by atoms with Crippen molar-refractivity contribution in [2.75, 3.05) is 13.2 Å². The third-order valence-electron chi connectivity index (χ3n) is 6.68. The van der Waals surface area contributed by atoms with E-state index in [1.165, 1.54) is 19.3 Å². The summed E-state index contributed by atoms with van der Waals surface area (Å²) in [6, 6.07) is 22.8. The number of unbranched alkanes of at least 4 members (excludes halogenated alkanes) is 3. The molecule has 2 aliphatic rings. The predicted molar refractivity (Wildman–Crippen MR) is 147 cm³/mol. The number of nitrogens with zero attached hydrogens (tertiary/aromatic N) is 2. The molecule has 0 saturated heterocycles. The fourth-order valence-corrected chi connectivity index (χ4v) is 5.19. The van der Waals surface area contributed by atoms with Gasteiger partial charge in [-0.2, -0.15) is 5.10 Å². The van der Waals surface area contributed by atoms with Gasteiger partial charge in [0.2, 0.25) is 6.23 Å². The highest BCUT2D eigenvalue weighted by molar-refractivity contribution is 9.10. The highest BCUT2D eigenvalue weighted by Crippen LogP contribution is 2.48. The maximum atomic E-state index is 6.52. The second-order valence-electron chi connectivity index (χ2n) is 9.23. The topological polar surface area (TPSA) is 43.3 Å². The lowest BCUT2D eigenvalue weighted by molar-refractivity contribution is -0.0191. The molecule has 0 fully saturated rings. The summed E-state index contributed by atoms with van der Waals surface area (Å²) in [6.07, 6.45) is 5.31. The van der Waals surface area contributed by atoms with Crippen molar-refractivity contribution in [1.82, 2.24) is 5.01 Å². The molecule has 2 aliphatic heterocycles. The number of halogens is 1. The van der Waals surface area contributed by atoms with Gasteiger partial charge in [0, 0.05) is 22.0 Å². The fourth-order valence-electron chi connectivity index (χ4n) is 4.81. The Kier molecular flexibility index (Phi) is 7.81. The van der Waals surface area contributed by atoms with Crippen LogP contribution in [0.1, 0.15) is 74.9 Å². The molecular weight excluding hydrogens is 516 g/mol. The first kappa shape index (κ1) is 24.7. The van der Waals surface area contributed by atoms with Crippen LogP contribution >= 0.6 is 15.9 Å². The number of hydrogen-bond acceptors (Lipinski definition) is 5. The lowest BCUT2D eigenvalue weighted by Crippen LogP contribution is -2.33. The summed E-state index contributed by atoms with van der Waals surface area (Å²) in [5.74, 6) is 2.68. The van der Waals surface area contributed by atoms with Crippen molar-refractivity contribution < 1.29 is 14.2 Å². The highest BCUT2D eigenvalue weighted by Gasteiger charge is 2.41. The Morgan fingerprint density at radius 2 is 1.67 bits per heavy atom. The zero-order valence-corrected chi connectivity index (χ0v) is 22.5. The first-order valence-electron chi connectivity index (χ1n) is 12.9. The van der Waals surface area contributed by atoms with Crippen LogP contribution < -0.4 is 14.2 Å². The molecule has 2 unspecified atom stereocenters. The van der Waals surface area contributed by atoms with Crippen molar-refractivity contribution in [1.29, 1.82) is 0 Å². The van der Waals surface area contributed by atoms with Crippen LogP contribution in [0.3, 0.4) is 0 Å². The first-order chi connectivity index (χ1) is 17.7. The Hall–Kier alpha value is -2.99. The van der Waals surface area contributed by atoms with Crippen molar-refractivity contribution in [3.8, 4) is 17.2 Å². The van der Waals surface area contributed by atoms with E-state index in [0.717, 1.165) is 63.6 Å². The van der Waals surface area contributed by atoms with Gasteiger partial charge in [-0.25, -0.2) is 5.01 Å². The van der Waals surface area contributed by atoms with Gasteiger partial charge >= 0.3 is 0 Å². The van der Waals surface area contributed by atoms with Crippen LogP contribution in [0.15, 0.2) is 76.3 Å². The second kappa shape index (κ2) is 11.4. The molecule has 2 atom stereocenters. The second-order valence-corrected chi connectivity index (χ2v) is 10.2. The van der Waals surface area contributed by atoms with Crippen LogP contribution in [0.5, 0.6) is 17.2 Å². The Bertz CT molecular complexity index is 1190. The molecule has 3 aromatic rings. The molecule has 0 aromatic heterocycles.